The zero-order valence-electron chi connectivity index (χ0n) is 24.1. The standard InChI is InChI=1S/C29H42N6O5/c1-20(9-11-30-29(40)22-5-7-23(8-6-22)33-15-13-31(3)14-16-33)17-26(38)34-12-10-24-28(34)25(37)18-35(24)27(39)19-32(4)21(2)36/h5-8,20,24,28H,9-19H2,1-4H3,(H,30,40). The van der Waals surface area contributed by atoms with Crippen LogP contribution in [0.5, 0.6) is 0 Å². The van der Waals surface area contributed by atoms with Gasteiger partial charge in [0.2, 0.25) is 17.7 Å². The molecule has 11 nitrogen and oxygen atoms in total. The number of hydrogen-bond donors (Lipinski definition) is 1. The molecule has 3 atom stereocenters. The first kappa shape index (κ1) is 29.5. The molecule has 4 amide bonds. The van der Waals surface area contributed by atoms with Gasteiger partial charge in [-0.2, -0.15) is 0 Å². The Labute approximate surface area is 236 Å². The minimum atomic E-state index is -0.611. The topological polar surface area (TPSA) is 114 Å². The molecule has 0 saturated carbocycles. The van der Waals surface area contributed by atoms with Crippen molar-refractivity contribution in [3.8, 4) is 0 Å². The van der Waals surface area contributed by atoms with Crippen LogP contribution < -0.4 is 10.2 Å². The summed E-state index contributed by atoms with van der Waals surface area (Å²) in [6.45, 7) is 8.12. The summed E-state index contributed by atoms with van der Waals surface area (Å²) in [6.07, 6.45) is 1.46. The van der Waals surface area contributed by atoms with E-state index in [0.29, 0.717) is 31.5 Å². The van der Waals surface area contributed by atoms with Crippen LogP contribution in [0.1, 0.15) is 43.5 Å². The number of anilines is 1. The van der Waals surface area contributed by atoms with Crippen molar-refractivity contribution in [3.63, 3.8) is 0 Å². The number of hydrogen-bond acceptors (Lipinski definition) is 7. The number of rotatable bonds is 9. The summed E-state index contributed by atoms with van der Waals surface area (Å²) in [5, 5.41) is 2.95. The molecule has 11 heteroatoms. The van der Waals surface area contributed by atoms with Crippen molar-refractivity contribution in [2.45, 2.75) is 45.2 Å². The van der Waals surface area contributed by atoms with Gasteiger partial charge in [0.1, 0.15) is 6.04 Å². The van der Waals surface area contributed by atoms with Gasteiger partial charge in [0, 0.05) is 70.9 Å². The Hall–Kier alpha value is -3.47. The van der Waals surface area contributed by atoms with Crippen LogP contribution in [-0.4, -0.2) is 128 Å². The van der Waals surface area contributed by atoms with Gasteiger partial charge in [-0.15, -0.1) is 0 Å². The molecule has 1 aromatic carbocycles. The van der Waals surface area contributed by atoms with Crippen LogP contribution >= 0.6 is 0 Å². The van der Waals surface area contributed by atoms with E-state index in [2.05, 4.69) is 22.2 Å². The lowest BCUT2D eigenvalue weighted by atomic mass is 10.0. The molecule has 3 fully saturated rings. The summed E-state index contributed by atoms with van der Waals surface area (Å²) < 4.78 is 0. The van der Waals surface area contributed by atoms with Crippen molar-refractivity contribution in [2.24, 2.45) is 5.92 Å². The number of amides is 4. The van der Waals surface area contributed by atoms with Gasteiger partial charge in [-0.3, -0.25) is 24.0 Å². The Bertz CT molecular complexity index is 1120. The molecule has 0 aromatic heterocycles. The van der Waals surface area contributed by atoms with Gasteiger partial charge in [-0.05, 0) is 50.1 Å². The van der Waals surface area contributed by atoms with Gasteiger partial charge in [-0.25, -0.2) is 0 Å². The smallest absolute Gasteiger partial charge is 0.251 e. The normalized spacial score (nSPS) is 21.8. The fourth-order valence-electron chi connectivity index (χ4n) is 5.77. The highest BCUT2D eigenvalue weighted by atomic mass is 16.2. The average Bonchev–Trinajstić information content (AvgIpc) is 3.50. The van der Waals surface area contributed by atoms with E-state index in [4.69, 9.17) is 0 Å². The highest BCUT2D eigenvalue weighted by molar-refractivity contribution is 5.98. The molecule has 3 heterocycles. The van der Waals surface area contributed by atoms with Gasteiger partial charge in [-0.1, -0.05) is 6.92 Å². The van der Waals surface area contributed by atoms with Gasteiger partial charge < -0.3 is 29.8 Å². The second kappa shape index (κ2) is 12.8. The largest absolute Gasteiger partial charge is 0.369 e. The Morgan fingerprint density at radius 3 is 2.33 bits per heavy atom. The van der Waals surface area contributed by atoms with E-state index in [1.54, 1.807) is 11.9 Å². The van der Waals surface area contributed by atoms with Crippen LogP contribution in [0.4, 0.5) is 5.69 Å². The summed E-state index contributed by atoms with van der Waals surface area (Å²) in [6, 6.07) is 6.74. The number of carbonyl (C=O) groups is 5. The van der Waals surface area contributed by atoms with Gasteiger partial charge >= 0.3 is 0 Å². The molecule has 3 saturated heterocycles. The lowest BCUT2D eigenvalue weighted by molar-refractivity contribution is -0.139. The summed E-state index contributed by atoms with van der Waals surface area (Å²) in [7, 11) is 3.67. The Morgan fingerprint density at radius 2 is 1.68 bits per heavy atom. The van der Waals surface area contributed by atoms with Crippen LogP contribution in [0.25, 0.3) is 0 Å². The molecule has 4 rings (SSSR count). The highest BCUT2D eigenvalue weighted by Crippen LogP contribution is 2.31. The Kier molecular flexibility index (Phi) is 9.44. The molecule has 0 spiro atoms. The summed E-state index contributed by atoms with van der Waals surface area (Å²) in [5.74, 6) is -0.844. The molecule has 218 valence electrons. The van der Waals surface area contributed by atoms with Gasteiger partial charge in [0.25, 0.3) is 5.91 Å². The second-order valence-electron chi connectivity index (χ2n) is 11.4. The number of carbonyl (C=O) groups excluding carboxylic acids is 5. The third-order valence-corrected chi connectivity index (χ3v) is 8.42. The van der Waals surface area contributed by atoms with Crippen LogP contribution in [0.3, 0.4) is 0 Å². The van der Waals surface area contributed by atoms with E-state index in [1.807, 2.05) is 31.2 Å². The average molecular weight is 555 g/mol. The first-order chi connectivity index (χ1) is 19.0. The maximum atomic E-state index is 13.1. The van der Waals surface area contributed by atoms with E-state index in [0.717, 1.165) is 31.9 Å². The Morgan fingerprint density at radius 1 is 1.00 bits per heavy atom. The third kappa shape index (κ3) is 6.80. The number of piperazine rings is 1. The zero-order valence-corrected chi connectivity index (χ0v) is 24.1. The van der Waals surface area contributed by atoms with E-state index in [9.17, 15) is 24.0 Å². The fourth-order valence-corrected chi connectivity index (χ4v) is 5.77. The summed E-state index contributed by atoms with van der Waals surface area (Å²) >= 11 is 0. The number of nitrogens with zero attached hydrogens (tertiary/aromatic N) is 5. The fraction of sp³-hybridized carbons (Fsp3) is 0.621. The first-order valence-electron chi connectivity index (χ1n) is 14.2. The molecule has 3 aliphatic rings. The van der Waals surface area contributed by atoms with Gasteiger partial charge in [0.15, 0.2) is 5.78 Å². The molecule has 40 heavy (non-hydrogen) atoms. The quantitative estimate of drug-likeness (QED) is 0.471. The van der Waals surface area contributed by atoms with Crippen LogP contribution in [0.2, 0.25) is 0 Å². The number of likely N-dealkylation sites (tertiary alicyclic amines) is 2. The van der Waals surface area contributed by atoms with Crippen LogP contribution in [0.15, 0.2) is 24.3 Å². The molecule has 3 unspecified atom stereocenters. The van der Waals surface area contributed by atoms with Crippen molar-refractivity contribution in [3.05, 3.63) is 29.8 Å². The first-order valence-corrected chi connectivity index (χ1v) is 14.2. The third-order valence-electron chi connectivity index (χ3n) is 8.42. The molecule has 0 bridgehead atoms. The number of nitrogens with one attached hydrogen (secondary N) is 1. The summed E-state index contributed by atoms with van der Waals surface area (Å²) in [4.78, 5) is 71.8. The minimum Gasteiger partial charge on any atom is -0.369 e. The molecule has 1 aromatic rings. The predicted molar refractivity (Wildman–Crippen MR) is 151 cm³/mol. The van der Waals surface area contributed by atoms with Crippen molar-refractivity contribution in [1.82, 2.24) is 24.9 Å². The van der Waals surface area contributed by atoms with Crippen molar-refractivity contribution >= 4 is 35.1 Å². The van der Waals surface area contributed by atoms with Crippen LogP contribution in [0, 0.1) is 5.92 Å². The number of fused-ring (bicyclic) bond motifs is 1. The van der Waals surface area contributed by atoms with E-state index in [1.165, 1.54) is 16.7 Å². The number of likely N-dealkylation sites (N-methyl/N-ethyl adjacent to an activating group) is 2. The molecule has 0 aliphatic carbocycles. The van der Waals surface area contributed by atoms with Gasteiger partial charge in [0.05, 0.1) is 19.1 Å². The maximum Gasteiger partial charge on any atom is 0.251 e. The van der Waals surface area contributed by atoms with E-state index in [-0.39, 0.29) is 60.9 Å². The Balaban J connectivity index is 1.21. The van der Waals surface area contributed by atoms with Crippen molar-refractivity contribution in [1.29, 1.82) is 0 Å². The minimum absolute atomic E-state index is 0.0184. The number of ketones is 1. The zero-order chi connectivity index (χ0) is 29.0. The van der Waals surface area contributed by atoms with E-state index >= 15 is 0 Å². The highest BCUT2D eigenvalue weighted by Gasteiger charge is 2.51. The monoisotopic (exact) mass is 554 g/mol. The van der Waals surface area contributed by atoms with Crippen molar-refractivity contribution in [2.75, 3.05) is 71.4 Å². The second-order valence-corrected chi connectivity index (χ2v) is 11.4. The van der Waals surface area contributed by atoms with E-state index < -0.39 is 6.04 Å². The summed E-state index contributed by atoms with van der Waals surface area (Å²) in [5.41, 5.74) is 1.73. The van der Waals surface area contributed by atoms with Crippen LogP contribution in [-0.2, 0) is 19.2 Å². The predicted octanol–water partition coefficient (Wildman–Crippen LogP) is 0.444. The SMILES string of the molecule is CC(=O)N(C)CC(=O)N1CC(=O)C2C1CCN2C(=O)CC(C)CCNC(=O)c1ccc(N2CCN(C)CC2)cc1. The number of benzene rings is 1. The molecular formula is C29H42N6O5. The molecule has 3 aliphatic heterocycles. The van der Waals surface area contributed by atoms with Crippen molar-refractivity contribution < 1.29 is 24.0 Å². The maximum absolute atomic E-state index is 13.1. The molecule has 0 radical (unpaired) electrons. The lowest BCUT2D eigenvalue weighted by Gasteiger charge is -2.34. The lowest BCUT2D eigenvalue weighted by Crippen LogP contribution is -2.45. The molecule has 1 N–H and O–H groups in total. The number of Topliss-reactive ketones (excluding diaryl/α,β-unsaturated/α-hetero) is 1. The molecular weight excluding hydrogens is 512 g/mol.